The van der Waals surface area contributed by atoms with E-state index in [1.165, 1.54) is 36.5 Å². The van der Waals surface area contributed by atoms with Crippen molar-refractivity contribution in [2.75, 3.05) is 14.2 Å². The van der Waals surface area contributed by atoms with E-state index in [4.69, 9.17) is 14.2 Å². The van der Waals surface area contributed by atoms with Crippen LogP contribution in [0.25, 0.3) is 0 Å². The summed E-state index contributed by atoms with van der Waals surface area (Å²) < 4.78 is 15.9. The molecule has 0 atom stereocenters. The first-order chi connectivity index (χ1) is 15.7. The van der Waals surface area contributed by atoms with E-state index in [1.54, 1.807) is 32.4 Å². The highest BCUT2D eigenvalue weighted by molar-refractivity contribution is 5.83. The van der Waals surface area contributed by atoms with Crippen molar-refractivity contribution in [3.05, 3.63) is 82.5 Å². The fraction of sp³-hybridized carbons (Fsp3) is 0.414. The van der Waals surface area contributed by atoms with E-state index < -0.39 is 5.97 Å². The van der Waals surface area contributed by atoms with Gasteiger partial charge in [-0.15, -0.1) is 0 Å². The molecule has 0 saturated heterocycles. The van der Waals surface area contributed by atoms with Crippen LogP contribution in [0.1, 0.15) is 59.4 Å². The van der Waals surface area contributed by atoms with Gasteiger partial charge in [-0.05, 0) is 74.8 Å². The van der Waals surface area contributed by atoms with Crippen molar-refractivity contribution in [3.63, 3.8) is 0 Å². The third kappa shape index (κ3) is 8.12. The van der Waals surface area contributed by atoms with Crippen LogP contribution >= 0.6 is 0 Å². The second-order valence-corrected chi connectivity index (χ2v) is 9.21. The zero-order valence-corrected chi connectivity index (χ0v) is 21.2. The summed E-state index contributed by atoms with van der Waals surface area (Å²) >= 11 is 0. The maximum atomic E-state index is 12.2. The fourth-order valence-corrected chi connectivity index (χ4v) is 4.05. The SMILES string of the molecule is COc1ccc(OC)c(COC(=O)/C=C(C)/C=C/C=C(C)/C=C/C2=C(C)CCCC2(C)C)c1. The zero-order chi connectivity index (χ0) is 24.4. The van der Waals surface area contributed by atoms with Gasteiger partial charge in [0.15, 0.2) is 0 Å². The quantitative estimate of drug-likeness (QED) is 0.225. The number of hydrogen-bond donors (Lipinski definition) is 0. The highest BCUT2D eigenvalue weighted by Crippen LogP contribution is 2.40. The predicted molar refractivity (Wildman–Crippen MR) is 135 cm³/mol. The molecule has 1 aliphatic carbocycles. The van der Waals surface area contributed by atoms with Gasteiger partial charge in [0, 0.05) is 11.6 Å². The summed E-state index contributed by atoms with van der Waals surface area (Å²) in [4.78, 5) is 12.2. The molecule has 0 saturated carbocycles. The summed E-state index contributed by atoms with van der Waals surface area (Å²) in [7, 11) is 3.18. The summed E-state index contributed by atoms with van der Waals surface area (Å²) in [6.45, 7) is 11.0. The molecule has 178 valence electrons. The number of rotatable bonds is 9. The van der Waals surface area contributed by atoms with Crippen LogP contribution in [-0.4, -0.2) is 20.2 Å². The molecule has 0 spiro atoms. The van der Waals surface area contributed by atoms with E-state index in [2.05, 4.69) is 39.8 Å². The van der Waals surface area contributed by atoms with Crippen LogP contribution in [0.3, 0.4) is 0 Å². The van der Waals surface area contributed by atoms with Gasteiger partial charge in [-0.1, -0.05) is 55.4 Å². The monoisotopic (exact) mass is 450 g/mol. The Morgan fingerprint density at radius 2 is 1.85 bits per heavy atom. The van der Waals surface area contributed by atoms with Crippen molar-refractivity contribution in [3.8, 4) is 11.5 Å². The average molecular weight is 451 g/mol. The first-order valence-electron chi connectivity index (χ1n) is 11.5. The highest BCUT2D eigenvalue weighted by atomic mass is 16.5. The molecule has 1 aliphatic rings. The van der Waals surface area contributed by atoms with E-state index >= 15 is 0 Å². The minimum atomic E-state index is -0.399. The minimum absolute atomic E-state index is 0.113. The Balaban J connectivity index is 1.95. The smallest absolute Gasteiger partial charge is 0.331 e. The molecule has 0 amide bonds. The molecule has 1 aromatic rings. The molecule has 1 aromatic carbocycles. The molecule has 0 aromatic heterocycles. The molecule has 4 heteroatoms. The summed E-state index contributed by atoms with van der Waals surface area (Å²) in [6.07, 6.45) is 15.5. The van der Waals surface area contributed by atoms with E-state index in [9.17, 15) is 4.79 Å². The van der Waals surface area contributed by atoms with Crippen LogP contribution in [0.4, 0.5) is 0 Å². The summed E-state index contributed by atoms with van der Waals surface area (Å²) in [5.74, 6) is 0.941. The Morgan fingerprint density at radius 1 is 1.09 bits per heavy atom. The van der Waals surface area contributed by atoms with E-state index in [0.717, 1.165) is 16.7 Å². The maximum Gasteiger partial charge on any atom is 0.331 e. The second-order valence-electron chi connectivity index (χ2n) is 9.21. The largest absolute Gasteiger partial charge is 0.497 e. The molecular weight excluding hydrogens is 412 g/mol. The Labute approximate surface area is 199 Å². The van der Waals surface area contributed by atoms with E-state index in [0.29, 0.717) is 11.5 Å². The van der Waals surface area contributed by atoms with Crippen molar-refractivity contribution in [2.45, 2.75) is 60.5 Å². The van der Waals surface area contributed by atoms with Crippen LogP contribution in [-0.2, 0) is 16.1 Å². The number of esters is 1. The molecule has 0 fully saturated rings. The van der Waals surface area contributed by atoms with Crippen LogP contribution in [0.5, 0.6) is 11.5 Å². The molecule has 0 radical (unpaired) electrons. The third-order valence-corrected chi connectivity index (χ3v) is 5.98. The summed E-state index contributed by atoms with van der Waals surface area (Å²) in [5, 5.41) is 0. The van der Waals surface area contributed by atoms with Gasteiger partial charge < -0.3 is 14.2 Å². The van der Waals surface area contributed by atoms with Gasteiger partial charge in [-0.2, -0.15) is 0 Å². The fourth-order valence-electron chi connectivity index (χ4n) is 4.05. The number of carbonyl (C=O) groups excluding carboxylic acids is 1. The van der Waals surface area contributed by atoms with Crippen LogP contribution in [0.2, 0.25) is 0 Å². The van der Waals surface area contributed by atoms with Gasteiger partial charge in [0.05, 0.1) is 14.2 Å². The lowest BCUT2D eigenvalue weighted by Crippen LogP contribution is -2.19. The lowest BCUT2D eigenvalue weighted by atomic mass is 9.72. The van der Waals surface area contributed by atoms with E-state index in [-0.39, 0.29) is 12.0 Å². The Morgan fingerprint density at radius 3 is 2.52 bits per heavy atom. The number of carbonyl (C=O) groups is 1. The molecule has 2 rings (SSSR count). The Bertz CT molecular complexity index is 987. The number of benzene rings is 1. The molecule has 0 unspecified atom stereocenters. The van der Waals surface area contributed by atoms with Crippen LogP contribution in [0, 0.1) is 5.41 Å². The minimum Gasteiger partial charge on any atom is -0.497 e. The van der Waals surface area contributed by atoms with Crippen molar-refractivity contribution in [1.82, 2.24) is 0 Å². The lowest BCUT2D eigenvalue weighted by molar-refractivity contribution is -0.139. The van der Waals surface area contributed by atoms with Crippen molar-refractivity contribution in [2.24, 2.45) is 5.41 Å². The Hall–Kier alpha value is -3.01. The number of allylic oxidation sites excluding steroid dienone is 9. The molecule has 0 aliphatic heterocycles. The lowest BCUT2D eigenvalue weighted by Gasteiger charge is -2.32. The molecule has 0 N–H and O–H groups in total. The van der Waals surface area contributed by atoms with Crippen molar-refractivity contribution < 1.29 is 19.0 Å². The zero-order valence-electron chi connectivity index (χ0n) is 21.2. The normalized spacial score (nSPS) is 17.1. The van der Waals surface area contributed by atoms with Crippen molar-refractivity contribution in [1.29, 1.82) is 0 Å². The Kier molecular flexibility index (Phi) is 9.77. The van der Waals surface area contributed by atoms with Crippen LogP contribution < -0.4 is 9.47 Å². The predicted octanol–water partition coefficient (Wildman–Crippen LogP) is 7.28. The topological polar surface area (TPSA) is 44.8 Å². The summed E-state index contributed by atoms with van der Waals surface area (Å²) in [6, 6.07) is 5.40. The van der Waals surface area contributed by atoms with Gasteiger partial charge in [0.25, 0.3) is 0 Å². The van der Waals surface area contributed by atoms with Crippen molar-refractivity contribution >= 4 is 5.97 Å². The van der Waals surface area contributed by atoms with E-state index in [1.807, 2.05) is 25.2 Å². The van der Waals surface area contributed by atoms with Gasteiger partial charge in [-0.25, -0.2) is 4.79 Å². The molecule has 33 heavy (non-hydrogen) atoms. The standard InChI is InChI=1S/C29H38O4/c1-21(13-15-26-23(3)12-9-17-29(26,4)5)10-8-11-22(2)18-28(30)33-20-24-19-25(31-6)14-16-27(24)32-7/h8,10-11,13-16,18-19H,9,12,17,20H2,1-7H3/b11-8+,15-13+,21-10+,22-18+. The average Bonchev–Trinajstić information content (AvgIpc) is 2.76. The molecule has 0 heterocycles. The molecular formula is C29H38O4. The van der Waals surface area contributed by atoms with Gasteiger partial charge in [-0.3, -0.25) is 0 Å². The molecule has 4 nitrogen and oxygen atoms in total. The highest BCUT2D eigenvalue weighted by Gasteiger charge is 2.26. The van der Waals surface area contributed by atoms with Gasteiger partial charge >= 0.3 is 5.97 Å². The number of methoxy groups -OCH3 is 2. The molecule has 0 bridgehead atoms. The van der Waals surface area contributed by atoms with Crippen LogP contribution in [0.15, 0.2) is 76.9 Å². The maximum absolute atomic E-state index is 12.2. The first kappa shape index (κ1) is 26.2. The van der Waals surface area contributed by atoms with Gasteiger partial charge in [0.2, 0.25) is 0 Å². The number of ether oxygens (including phenoxy) is 3. The first-order valence-corrected chi connectivity index (χ1v) is 11.5. The van der Waals surface area contributed by atoms with Gasteiger partial charge in [0.1, 0.15) is 18.1 Å². The summed E-state index contributed by atoms with van der Waals surface area (Å²) in [5.41, 5.74) is 5.92. The number of hydrogen-bond acceptors (Lipinski definition) is 4. The second kappa shape index (κ2) is 12.3. The third-order valence-electron chi connectivity index (χ3n) is 5.98.